The molecule has 0 amide bonds. The highest BCUT2D eigenvalue weighted by atomic mass is 16.7. The number of nitrogens with zero attached hydrogens (tertiary/aromatic N) is 2. The Labute approximate surface area is 439 Å². The number of hydrogen-bond acceptors (Lipinski definition) is 8. The van der Waals surface area contributed by atoms with Gasteiger partial charge in [-0.3, -0.25) is 0 Å². The second-order valence-electron chi connectivity index (χ2n) is 19.8. The van der Waals surface area contributed by atoms with Gasteiger partial charge in [0.1, 0.15) is 53.4 Å². The lowest BCUT2D eigenvalue weighted by Crippen LogP contribution is -2.31. The zero-order valence-corrected chi connectivity index (χ0v) is 41.2. The number of aromatic nitrogens is 2. The van der Waals surface area contributed by atoms with Crippen molar-refractivity contribution in [2.45, 2.75) is 30.2 Å². The van der Waals surface area contributed by atoms with Crippen LogP contribution in [-0.2, 0) is 6.54 Å². The van der Waals surface area contributed by atoms with Crippen LogP contribution in [-0.4, -0.2) is 31.7 Å². The number of hydrogen-bond donors (Lipinski definition) is 0. The van der Waals surface area contributed by atoms with Crippen molar-refractivity contribution in [2.24, 2.45) is 0 Å². The fraction of sp³-hybridized carbons (Fsp3) is 0.136. The molecule has 5 aliphatic rings. The van der Waals surface area contributed by atoms with E-state index < -0.39 is 11.8 Å². The Morgan fingerprint density at radius 1 is 0.342 bits per heavy atom. The molecule has 10 aromatic rings. The van der Waals surface area contributed by atoms with Crippen molar-refractivity contribution in [1.29, 1.82) is 0 Å². The first-order chi connectivity index (χ1) is 37.7. The molecule has 1 aromatic heterocycles. The summed E-state index contributed by atoms with van der Waals surface area (Å²) in [7, 11) is 0. The van der Waals surface area contributed by atoms with Crippen molar-refractivity contribution in [3.8, 4) is 51.7 Å². The quantitative estimate of drug-likeness (QED) is 0.146. The van der Waals surface area contributed by atoms with Gasteiger partial charge >= 0.3 is 0 Å². The van der Waals surface area contributed by atoms with E-state index in [4.69, 9.17) is 37.9 Å². The molecule has 0 saturated carbocycles. The van der Waals surface area contributed by atoms with Crippen LogP contribution in [0.2, 0.25) is 0 Å². The summed E-state index contributed by atoms with van der Waals surface area (Å²) in [5.74, 6) is 3.56. The number of imidazole rings is 1. The van der Waals surface area contributed by atoms with Gasteiger partial charge in [0.15, 0.2) is 11.5 Å². The molecule has 9 aromatic carbocycles. The molecule has 5 heterocycles. The van der Waals surface area contributed by atoms with E-state index in [2.05, 4.69) is 198 Å². The molecule has 10 heteroatoms. The van der Waals surface area contributed by atoms with Gasteiger partial charge in [-0.1, -0.05) is 152 Å². The molecule has 4 atom stereocenters. The van der Waals surface area contributed by atoms with E-state index >= 15 is 0 Å². The monoisotopic (exact) mass is 997 g/mol. The van der Waals surface area contributed by atoms with E-state index in [0.29, 0.717) is 52.5 Å². The summed E-state index contributed by atoms with van der Waals surface area (Å²) < 4.78 is 59.1. The molecule has 0 N–H and O–H groups in total. The lowest BCUT2D eigenvalue weighted by molar-refractivity contribution is -0.687. The Morgan fingerprint density at radius 2 is 0.645 bits per heavy atom. The largest absolute Gasteiger partial charge is 0.457 e. The highest BCUT2D eigenvalue weighted by molar-refractivity contribution is 5.73. The van der Waals surface area contributed by atoms with Gasteiger partial charge in [0.05, 0.1) is 0 Å². The average Bonchev–Trinajstić information content (AvgIpc) is 4.00. The molecule has 4 aliphatic heterocycles. The first-order valence-electron chi connectivity index (χ1n) is 25.8. The molecule has 0 saturated heterocycles. The number of rotatable bonds is 7. The Bertz CT molecular complexity index is 3630. The first-order valence-corrected chi connectivity index (χ1v) is 25.8. The van der Waals surface area contributed by atoms with Crippen LogP contribution in [0.4, 0.5) is 0 Å². The molecule has 4 unspecified atom stereocenters. The molecule has 1 aliphatic carbocycles. The molecule has 10 nitrogen and oxygen atoms in total. The van der Waals surface area contributed by atoms with Gasteiger partial charge in [-0.15, -0.1) is 0 Å². The fourth-order valence-electron chi connectivity index (χ4n) is 12.3. The maximum Gasteiger partial charge on any atom is 0.249 e. The van der Waals surface area contributed by atoms with Crippen LogP contribution in [0.15, 0.2) is 213 Å². The lowest BCUT2D eigenvalue weighted by Gasteiger charge is -2.35. The van der Waals surface area contributed by atoms with Gasteiger partial charge in [0, 0.05) is 86.4 Å². The summed E-state index contributed by atoms with van der Waals surface area (Å²) in [6, 6.07) is 68.4. The van der Waals surface area contributed by atoms with Crippen LogP contribution < -0.4 is 42.5 Å². The topological polar surface area (TPSA) is 82.7 Å². The molecular weight excluding hydrogens is 949 g/mol. The van der Waals surface area contributed by atoms with Crippen molar-refractivity contribution in [2.75, 3.05) is 27.2 Å². The van der Waals surface area contributed by atoms with Crippen molar-refractivity contribution >= 4 is 0 Å². The summed E-state index contributed by atoms with van der Waals surface area (Å²) >= 11 is 0. The molecule has 0 spiro atoms. The second-order valence-corrected chi connectivity index (χ2v) is 19.8. The van der Waals surface area contributed by atoms with E-state index in [-0.39, 0.29) is 39.0 Å². The Hall–Kier alpha value is -9.41. The minimum absolute atomic E-state index is 0.0500. The van der Waals surface area contributed by atoms with E-state index in [1.54, 1.807) is 0 Å². The van der Waals surface area contributed by atoms with E-state index in [9.17, 15) is 0 Å². The standard InChI is InChI=1S/C66H49N2O8/c1-6-16-41(17-7-1)35-67-26-27-68(36-67)64-65-52-31-53-63(45-24-14-5-15-25-45)51-30-49-57(34-59(51)74-40-76-66(53)64)72-38-70-55-32-54-46(28-47(55)61(49)43-20-10-3-11-21-43)60(42-18-8-2-9-19-42)48-29-50(62(52)44-22-12-4-13-23-44)58(73-39-75-65)33-56(48)71-37-69-54/h1-34,36,60-63H,35,37-40H2/q+1. The predicted molar refractivity (Wildman–Crippen MR) is 285 cm³/mol. The van der Waals surface area contributed by atoms with Crippen molar-refractivity contribution in [1.82, 2.24) is 4.57 Å². The van der Waals surface area contributed by atoms with E-state index in [0.717, 1.165) is 72.4 Å². The van der Waals surface area contributed by atoms with E-state index in [1.807, 2.05) is 24.3 Å². The smallest absolute Gasteiger partial charge is 0.249 e. The average molecular weight is 998 g/mol. The minimum Gasteiger partial charge on any atom is -0.457 e. The van der Waals surface area contributed by atoms with Gasteiger partial charge in [-0.05, 0) is 52.1 Å². The minimum atomic E-state index is -0.429. The van der Waals surface area contributed by atoms with Crippen LogP contribution in [0.5, 0.6) is 46.0 Å². The normalized spacial score (nSPS) is 18.2. The van der Waals surface area contributed by atoms with Crippen molar-refractivity contribution < 1.29 is 42.5 Å². The molecule has 0 radical (unpaired) electrons. The van der Waals surface area contributed by atoms with Crippen molar-refractivity contribution in [3.63, 3.8) is 0 Å². The van der Waals surface area contributed by atoms with Crippen LogP contribution >= 0.6 is 0 Å². The summed E-state index contributed by atoms with van der Waals surface area (Å²) in [5, 5.41) is 0. The highest BCUT2D eigenvalue weighted by Crippen LogP contribution is 2.57. The highest BCUT2D eigenvalue weighted by Gasteiger charge is 2.41. The van der Waals surface area contributed by atoms with Crippen molar-refractivity contribution in [3.05, 3.63) is 285 Å². The summed E-state index contributed by atoms with van der Waals surface area (Å²) in [4.78, 5) is 0. The summed E-state index contributed by atoms with van der Waals surface area (Å²) in [6.07, 6.45) is 6.29. The van der Waals surface area contributed by atoms with Gasteiger partial charge in [0.2, 0.25) is 39.2 Å². The summed E-state index contributed by atoms with van der Waals surface area (Å²) in [6.45, 7) is 0.363. The third-order valence-electron chi connectivity index (χ3n) is 15.6. The number of benzene rings is 9. The van der Waals surface area contributed by atoms with Gasteiger partial charge in [0.25, 0.3) is 0 Å². The number of ether oxygens (including phenoxy) is 8. The van der Waals surface area contributed by atoms with E-state index in [1.165, 1.54) is 5.56 Å². The maximum atomic E-state index is 7.10. The Balaban J connectivity index is 1.11. The van der Waals surface area contributed by atoms with Gasteiger partial charge in [-0.2, -0.15) is 4.57 Å². The Kier molecular flexibility index (Phi) is 10.6. The zero-order valence-electron chi connectivity index (χ0n) is 41.2. The van der Waals surface area contributed by atoms with Crippen LogP contribution in [0, 0.1) is 0 Å². The lowest BCUT2D eigenvalue weighted by atomic mass is 9.74. The van der Waals surface area contributed by atoms with Gasteiger partial charge in [-0.25, -0.2) is 4.57 Å². The van der Waals surface area contributed by atoms with Gasteiger partial charge < -0.3 is 37.9 Å². The molecule has 15 rings (SSSR count). The second kappa shape index (κ2) is 18.2. The maximum absolute atomic E-state index is 7.10. The molecular formula is C66H49N2O8+. The fourth-order valence-corrected chi connectivity index (χ4v) is 12.3. The molecule has 0 fully saturated rings. The third-order valence-corrected chi connectivity index (χ3v) is 15.6. The first kappa shape index (κ1) is 44.1. The third kappa shape index (κ3) is 7.42. The van der Waals surface area contributed by atoms with Crippen LogP contribution in [0.25, 0.3) is 5.69 Å². The SMILES string of the molecule is c1ccc(C[n+]2ccn(-c3c4c5cc6c3OCOc3cc7c(cc3C6c3ccccc3)C(c3ccccc3)c3cc6c(cc3OCO7)OCOc3cc(c(cc3C6c3ccccc3)C5c3ccccc3)OCO4)c2)cc1. The molecule has 8 bridgehead atoms. The zero-order chi connectivity index (χ0) is 50.1. The molecule has 76 heavy (non-hydrogen) atoms. The van der Waals surface area contributed by atoms with Crippen LogP contribution in [0.3, 0.4) is 0 Å². The molecule has 370 valence electrons. The van der Waals surface area contributed by atoms with Crippen LogP contribution in [0.1, 0.15) is 96.0 Å². The summed E-state index contributed by atoms with van der Waals surface area (Å²) in [5.41, 5.74) is 13.8. The predicted octanol–water partition coefficient (Wildman–Crippen LogP) is 12.8. The Morgan fingerprint density at radius 3 is 1.00 bits per heavy atom.